The number of pyridine rings is 1. The van der Waals surface area contributed by atoms with Crippen molar-refractivity contribution in [2.45, 2.75) is 13.0 Å². The molecule has 5 heteroatoms. The van der Waals surface area contributed by atoms with Gasteiger partial charge in [0.05, 0.1) is 17.3 Å². The van der Waals surface area contributed by atoms with E-state index >= 15 is 0 Å². The lowest BCUT2D eigenvalue weighted by molar-refractivity contribution is 0.199. The van der Waals surface area contributed by atoms with Gasteiger partial charge in [0.15, 0.2) is 0 Å². The molecule has 0 aliphatic rings. The Morgan fingerprint density at radius 3 is 3.06 bits per heavy atom. The zero-order valence-corrected chi connectivity index (χ0v) is 11.2. The molecule has 0 aliphatic heterocycles. The summed E-state index contributed by atoms with van der Waals surface area (Å²) in [6, 6.07) is 5.96. The second kappa shape index (κ2) is 7.20. The smallest absolute Gasteiger partial charge is 0.0988 e. The molecule has 0 aromatic carbocycles. The van der Waals surface area contributed by atoms with E-state index in [9.17, 15) is 0 Å². The first-order chi connectivity index (χ1) is 8.88. The molecule has 0 bridgehead atoms. The summed E-state index contributed by atoms with van der Waals surface area (Å²) < 4.78 is 4.98. The number of aromatic nitrogens is 2. The molecule has 0 spiro atoms. The van der Waals surface area contributed by atoms with Gasteiger partial charge in [-0.25, -0.2) is 4.98 Å². The minimum atomic E-state index is 0.727. The third-order valence-corrected chi connectivity index (χ3v) is 3.34. The number of rotatable bonds is 7. The number of hydrogen-bond donors (Lipinski definition) is 1. The van der Waals surface area contributed by atoms with Gasteiger partial charge < -0.3 is 10.1 Å². The van der Waals surface area contributed by atoms with Gasteiger partial charge in [0, 0.05) is 43.9 Å². The molecule has 2 aromatic heterocycles. The number of methoxy groups -OCH3 is 1. The fraction of sp³-hybridized carbons (Fsp3) is 0.385. The first-order valence-electron chi connectivity index (χ1n) is 5.91. The van der Waals surface area contributed by atoms with Crippen LogP contribution < -0.4 is 5.32 Å². The van der Waals surface area contributed by atoms with E-state index in [0.29, 0.717) is 0 Å². The molecule has 0 fully saturated rings. The standard InChI is InChI=1S/C13H17N3OS/c1-17-7-6-14-9-12-10-18-13(16-12)8-11-4-2-3-5-15-11/h2-5,10,14H,6-9H2,1H3. The molecule has 0 unspecified atom stereocenters. The number of thiazole rings is 1. The van der Waals surface area contributed by atoms with Gasteiger partial charge in [-0.1, -0.05) is 6.07 Å². The summed E-state index contributed by atoms with van der Waals surface area (Å²) in [7, 11) is 1.70. The Morgan fingerprint density at radius 2 is 2.28 bits per heavy atom. The summed E-state index contributed by atoms with van der Waals surface area (Å²) in [6.45, 7) is 2.37. The van der Waals surface area contributed by atoms with Crippen molar-refractivity contribution < 1.29 is 4.74 Å². The lowest BCUT2D eigenvalue weighted by Crippen LogP contribution is -2.18. The van der Waals surface area contributed by atoms with Crippen molar-refractivity contribution in [2.24, 2.45) is 0 Å². The van der Waals surface area contributed by atoms with Crippen molar-refractivity contribution in [1.82, 2.24) is 15.3 Å². The van der Waals surface area contributed by atoms with Gasteiger partial charge >= 0.3 is 0 Å². The van der Waals surface area contributed by atoms with Gasteiger partial charge in [-0.2, -0.15) is 0 Å². The Balaban J connectivity index is 1.83. The number of nitrogens with zero attached hydrogens (tertiary/aromatic N) is 2. The molecule has 0 saturated heterocycles. The van der Waals surface area contributed by atoms with Crippen molar-refractivity contribution in [3.63, 3.8) is 0 Å². The third kappa shape index (κ3) is 4.18. The summed E-state index contributed by atoms with van der Waals surface area (Å²) in [5.41, 5.74) is 2.15. The van der Waals surface area contributed by atoms with Gasteiger partial charge in [0.1, 0.15) is 0 Å². The van der Waals surface area contributed by atoms with Crippen LogP contribution in [-0.4, -0.2) is 30.2 Å². The molecule has 0 radical (unpaired) electrons. The predicted octanol–water partition coefficient (Wildman–Crippen LogP) is 1.86. The van der Waals surface area contributed by atoms with Crippen molar-refractivity contribution in [2.75, 3.05) is 20.3 Å². The minimum Gasteiger partial charge on any atom is -0.383 e. The van der Waals surface area contributed by atoms with Crippen LogP contribution in [0.2, 0.25) is 0 Å². The lowest BCUT2D eigenvalue weighted by Gasteiger charge is -2.00. The lowest BCUT2D eigenvalue weighted by atomic mass is 10.3. The zero-order valence-electron chi connectivity index (χ0n) is 10.4. The maximum Gasteiger partial charge on any atom is 0.0988 e. The summed E-state index contributed by atoms with van der Waals surface area (Å²) in [4.78, 5) is 8.88. The Labute approximate surface area is 111 Å². The van der Waals surface area contributed by atoms with E-state index in [2.05, 4.69) is 20.7 Å². The molecule has 4 nitrogen and oxygen atoms in total. The average Bonchev–Trinajstić information content (AvgIpc) is 2.84. The average molecular weight is 263 g/mol. The fourth-order valence-corrected chi connectivity index (χ4v) is 2.37. The highest BCUT2D eigenvalue weighted by atomic mass is 32.1. The predicted molar refractivity (Wildman–Crippen MR) is 72.7 cm³/mol. The first-order valence-corrected chi connectivity index (χ1v) is 6.79. The minimum absolute atomic E-state index is 0.727. The van der Waals surface area contributed by atoms with Crippen LogP contribution in [-0.2, 0) is 17.7 Å². The molecule has 0 amide bonds. The molecule has 2 heterocycles. The van der Waals surface area contributed by atoms with Crippen LogP contribution in [0, 0.1) is 0 Å². The van der Waals surface area contributed by atoms with Crippen LogP contribution in [0.1, 0.15) is 16.4 Å². The first kappa shape index (κ1) is 13.1. The second-order valence-corrected chi connectivity index (χ2v) is 4.84. The van der Waals surface area contributed by atoms with Crippen LogP contribution in [0.25, 0.3) is 0 Å². The van der Waals surface area contributed by atoms with Gasteiger partial charge in [-0.15, -0.1) is 11.3 Å². The maximum atomic E-state index is 4.98. The van der Waals surface area contributed by atoms with Crippen LogP contribution in [0.3, 0.4) is 0 Å². The van der Waals surface area contributed by atoms with Crippen molar-refractivity contribution >= 4 is 11.3 Å². The topological polar surface area (TPSA) is 47.0 Å². The highest BCUT2D eigenvalue weighted by Crippen LogP contribution is 2.13. The molecule has 18 heavy (non-hydrogen) atoms. The number of hydrogen-bond acceptors (Lipinski definition) is 5. The van der Waals surface area contributed by atoms with Gasteiger partial charge in [-0.05, 0) is 12.1 Å². The van der Waals surface area contributed by atoms with E-state index in [1.807, 2.05) is 24.4 Å². The molecule has 0 atom stereocenters. The highest BCUT2D eigenvalue weighted by molar-refractivity contribution is 7.09. The monoisotopic (exact) mass is 263 g/mol. The van der Waals surface area contributed by atoms with Crippen LogP contribution in [0.4, 0.5) is 0 Å². The summed E-state index contributed by atoms with van der Waals surface area (Å²) in [5.74, 6) is 0. The van der Waals surface area contributed by atoms with Crippen LogP contribution >= 0.6 is 11.3 Å². The van der Waals surface area contributed by atoms with Crippen LogP contribution in [0.15, 0.2) is 29.8 Å². The highest BCUT2D eigenvalue weighted by Gasteiger charge is 2.03. The van der Waals surface area contributed by atoms with E-state index in [1.165, 1.54) is 0 Å². The normalized spacial score (nSPS) is 10.7. The molecule has 2 rings (SSSR count). The van der Waals surface area contributed by atoms with E-state index in [1.54, 1.807) is 18.4 Å². The number of nitrogens with one attached hydrogen (secondary N) is 1. The fourth-order valence-electron chi connectivity index (χ4n) is 1.56. The van der Waals surface area contributed by atoms with Crippen molar-refractivity contribution in [3.05, 3.63) is 46.2 Å². The number of ether oxygens (including phenoxy) is 1. The summed E-state index contributed by atoms with van der Waals surface area (Å²) >= 11 is 1.69. The molecule has 0 saturated carbocycles. The van der Waals surface area contributed by atoms with Crippen molar-refractivity contribution in [3.8, 4) is 0 Å². The molecule has 2 aromatic rings. The van der Waals surface area contributed by atoms with Crippen molar-refractivity contribution in [1.29, 1.82) is 0 Å². The summed E-state index contributed by atoms with van der Waals surface area (Å²) in [5, 5.41) is 6.49. The van der Waals surface area contributed by atoms with Crippen LogP contribution in [0.5, 0.6) is 0 Å². The zero-order chi connectivity index (χ0) is 12.6. The van der Waals surface area contributed by atoms with E-state index < -0.39 is 0 Å². The molecular formula is C13H17N3OS. The van der Waals surface area contributed by atoms with E-state index in [0.717, 1.165) is 42.5 Å². The van der Waals surface area contributed by atoms with E-state index in [4.69, 9.17) is 4.74 Å². The second-order valence-electron chi connectivity index (χ2n) is 3.90. The molecule has 1 N–H and O–H groups in total. The van der Waals surface area contributed by atoms with Gasteiger partial charge in [0.25, 0.3) is 0 Å². The van der Waals surface area contributed by atoms with Gasteiger partial charge in [-0.3, -0.25) is 4.98 Å². The molecular weight excluding hydrogens is 246 g/mol. The Bertz CT molecular complexity index is 458. The van der Waals surface area contributed by atoms with Gasteiger partial charge in [0.2, 0.25) is 0 Å². The molecule has 96 valence electrons. The van der Waals surface area contributed by atoms with E-state index in [-0.39, 0.29) is 0 Å². The SMILES string of the molecule is COCCNCc1csc(Cc2ccccn2)n1. The Kier molecular flexibility index (Phi) is 5.26. The molecule has 0 aliphatic carbocycles. The Morgan fingerprint density at radius 1 is 1.33 bits per heavy atom. The third-order valence-electron chi connectivity index (χ3n) is 2.45. The maximum absolute atomic E-state index is 4.98. The Hall–Kier alpha value is -1.30. The largest absolute Gasteiger partial charge is 0.383 e. The summed E-state index contributed by atoms with van der Waals surface area (Å²) in [6.07, 6.45) is 2.62. The quantitative estimate of drug-likeness (QED) is 0.775.